The van der Waals surface area contributed by atoms with Crippen molar-refractivity contribution in [2.45, 2.75) is 64.8 Å². The topological polar surface area (TPSA) is 20.3 Å². The number of rotatable bonds is 5. The van der Waals surface area contributed by atoms with Crippen molar-refractivity contribution in [2.24, 2.45) is 23.2 Å². The molecule has 4 bridgehead atoms. The molecule has 0 aromatic carbocycles. The Balaban J connectivity index is 1.69. The Labute approximate surface area is 128 Å². The van der Waals surface area contributed by atoms with Crippen molar-refractivity contribution in [1.29, 1.82) is 0 Å². The summed E-state index contributed by atoms with van der Waals surface area (Å²) in [5.74, 6) is 3.67. The third-order valence-electron chi connectivity index (χ3n) is 5.96. The molecular weight excluding hydrogens is 270 g/mol. The summed E-state index contributed by atoms with van der Waals surface area (Å²) in [6.45, 7) is 4.90. The zero-order valence-corrected chi connectivity index (χ0v) is 13.7. The zero-order valence-electron chi connectivity index (χ0n) is 12.9. The zero-order chi connectivity index (χ0) is 14.3. The molecule has 0 radical (unpaired) electrons. The Morgan fingerprint density at radius 3 is 2.05 bits per heavy atom. The molecule has 4 aliphatic carbocycles. The van der Waals surface area contributed by atoms with Crippen molar-refractivity contribution >= 4 is 17.5 Å². The molecule has 4 aliphatic rings. The van der Waals surface area contributed by atoms with Gasteiger partial charge in [-0.1, -0.05) is 0 Å². The van der Waals surface area contributed by atoms with Crippen LogP contribution in [0.1, 0.15) is 58.8 Å². The largest absolute Gasteiger partial charge is 0.339 e. The van der Waals surface area contributed by atoms with E-state index >= 15 is 0 Å². The van der Waals surface area contributed by atoms with Gasteiger partial charge in [0, 0.05) is 24.9 Å². The van der Waals surface area contributed by atoms with Crippen molar-refractivity contribution in [3.63, 3.8) is 0 Å². The summed E-state index contributed by atoms with van der Waals surface area (Å²) in [5.41, 5.74) is 0.352. The summed E-state index contributed by atoms with van der Waals surface area (Å²) in [7, 11) is 0. The highest BCUT2D eigenvalue weighted by molar-refractivity contribution is 6.18. The number of halogens is 1. The Morgan fingerprint density at radius 2 is 1.65 bits per heavy atom. The predicted octanol–water partition coefficient (Wildman–Crippen LogP) is 4.07. The van der Waals surface area contributed by atoms with Crippen molar-refractivity contribution in [1.82, 2.24) is 4.90 Å². The van der Waals surface area contributed by atoms with Gasteiger partial charge in [-0.15, -0.1) is 11.6 Å². The fraction of sp³-hybridized carbons (Fsp3) is 0.941. The first-order valence-electron chi connectivity index (χ1n) is 8.37. The van der Waals surface area contributed by atoms with E-state index in [1.807, 2.05) is 4.90 Å². The lowest BCUT2D eigenvalue weighted by atomic mass is 9.49. The van der Waals surface area contributed by atoms with Gasteiger partial charge in [0.25, 0.3) is 0 Å². The molecule has 0 atom stereocenters. The Bertz CT molecular complexity index is 344. The van der Waals surface area contributed by atoms with E-state index in [-0.39, 0.29) is 6.04 Å². The first kappa shape index (κ1) is 14.7. The van der Waals surface area contributed by atoms with Crippen molar-refractivity contribution in [2.75, 3.05) is 12.4 Å². The van der Waals surface area contributed by atoms with E-state index in [1.165, 1.54) is 38.5 Å². The van der Waals surface area contributed by atoms with E-state index in [0.29, 0.717) is 23.7 Å². The maximum atomic E-state index is 12.7. The monoisotopic (exact) mass is 297 g/mol. The van der Waals surface area contributed by atoms with E-state index < -0.39 is 0 Å². The molecule has 3 heteroatoms. The molecule has 0 aromatic heterocycles. The molecule has 2 nitrogen and oxygen atoms in total. The van der Waals surface area contributed by atoms with Gasteiger partial charge in [-0.2, -0.15) is 0 Å². The van der Waals surface area contributed by atoms with Crippen molar-refractivity contribution in [3.8, 4) is 0 Å². The maximum Gasteiger partial charge on any atom is 0.223 e. The number of amides is 1. The lowest BCUT2D eigenvalue weighted by Gasteiger charge is -2.57. The van der Waals surface area contributed by atoms with E-state index in [0.717, 1.165) is 24.2 Å². The van der Waals surface area contributed by atoms with Crippen molar-refractivity contribution < 1.29 is 4.79 Å². The summed E-state index contributed by atoms with van der Waals surface area (Å²) in [4.78, 5) is 14.7. The molecule has 114 valence electrons. The second kappa shape index (κ2) is 5.51. The van der Waals surface area contributed by atoms with Gasteiger partial charge in [0.15, 0.2) is 0 Å². The highest BCUT2D eigenvalue weighted by Gasteiger charge is 2.51. The number of hydrogen-bond acceptors (Lipinski definition) is 1. The quantitative estimate of drug-likeness (QED) is 0.701. The SMILES string of the molecule is CC(C)N(CCCl)C(=O)CC12CC3CC(CC(C3)C1)C2. The summed E-state index contributed by atoms with van der Waals surface area (Å²) in [6, 6.07) is 0.273. The van der Waals surface area contributed by atoms with Crippen LogP contribution in [0.25, 0.3) is 0 Å². The molecule has 0 unspecified atom stereocenters. The number of nitrogens with zero attached hydrogens (tertiary/aromatic N) is 1. The van der Waals surface area contributed by atoms with Crippen LogP contribution in [0.4, 0.5) is 0 Å². The third kappa shape index (κ3) is 2.73. The molecule has 0 heterocycles. The van der Waals surface area contributed by atoms with Gasteiger partial charge in [-0.05, 0) is 75.5 Å². The summed E-state index contributed by atoms with van der Waals surface area (Å²) in [6.07, 6.45) is 9.08. The number of carbonyl (C=O) groups excluding carboxylic acids is 1. The van der Waals surface area contributed by atoms with E-state index in [4.69, 9.17) is 11.6 Å². The smallest absolute Gasteiger partial charge is 0.223 e. The molecule has 0 N–H and O–H groups in total. The second-order valence-electron chi connectivity index (χ2n) is 7.96. The minimum absolute atomic E-state index is 0.273. The second-order valence-corrected chi connectivity index (χ2v) is 8.34. The Kier molecular flexibility index (Phi) is 4.05. The van der Waals surface area contributed by atoms with Gasteiger partial charge in [-0.3, -0.25) is 4.79 Å². The number of carbonyl (C=O) groups is 1. The summed E-state index contributed by atoms with van der Waals surface area (Å²) in [5, 5.41) is 0. The molecule has 20 heavy (non-hydrogen) atoms. The average Bonchev–Trinajstić information content (AvgIpc) is 2.32. The maximum absolute atomic E-state index is 12.7. The van der Waals surface area contributed by atoms with Gasteiger partial charge in [0.2, 0.25) is 5.91 Å². The molecule has 4 saturated carbocycles. The van der Waals surface area contributed by atoms with Crippen LogP contribution < -0.4 is 0 Å². The fourth-order valence-corrected chi connectivity index (χ4v) is 5.87. The molecule has 4 fully saturated rings. The van der Waals surface area contributed by atoms with E-state index in [9.17, 15) is 4.79 Å². The van der Waals surface area contributed by atoms with Gasteiger partial charge < -0.3 is 4.90 Å². The molecular formula is C17H28ClNO. The van der Waals surface area contributed by atoms with Crippen LogP contribution in [0.2, 0.25) is 0 Å². The van der Waals surface area contributed by atoms with Crippen LogP contribution in [0.15, 0.2) is 0 Å². The molecule has 0 saturated heterocycles. The van der Waals surface area contributed by atoms with Crippen LogP contribution in [0.5, 0.6) is 0 Å². The van der Waals surface area contributed by atoms with Gasteiger partial charge in [0.1, 0.15) is 0 Å². The Hall–Kier alpha value is -0.240. The lowest BCUT2D eigenvalue weighted by Crippen LogP contribution is -2.49. The first-order valence-corrected chi connectivity index (χ1v) is 8.90. The molecule has 0 aliphatic heterocycles. The predicted molar refractivity (Wildman–Crippen MR) is 82.8 cm³/mol. The van der Waals surface area contributed by atoms with Crippen LogP contribution in [-0.2, 0) is 4.79 Å². The highest BCUT2D eigenvalue weighted by Crippen LogP contribution is 2.61. The lowest BCUT2D eigenvalue weighted by molar-refractivity contribution is -0.140. The molecule has 0 spiro atoms. The minimum atomic E-state index is 0.273. The van der Waals surface area contributed by atoms with Crippen LogP contribution in [-0.4, -0.2) is 29.3 Å². The van der Waals surface area contributed by atoms with E-state index in [1.54, 1.807) is 0 Å². The molecule has 0 aromatic rings. The number of alkyl halides is 1. The summed E-state index contributed by atoms with van der Waals surface area (Å²) >= 11 is 5.87. The fourth-order valence-electron chi connectivity index (χ4n) is 5.69. The first-order chi connectivity index (χ1) is 9.51. The number of hydrogen-bond donors (Lipinski definition) is 0. The molecule has 1 amide bonds. The van der Waals surface area contributed by atoms with E-state index in [2.05, 4.69) is 13.8 Å². The van der Waals surface area contributed by atoms with Crippen molar-refractivity contribution in [3.05, 3.63) is 0 Å². The van der Waals surface area contributed by atoms with Crippen LogP contribution in [0, 0.1) is 23.2 Å². The average molecular weight is 298 g/mol. The van der Waals surface area contributed by atoms with Crippen LogP contribution >= 0.6 is 11.6 Å². The summed E-state index contributed by atoms with van der Waals surface area (Å²) < 4.78 is 0. The molecule has 4 rings (SSSR count). The third-order valence-corrected chi connectivity index (χ3v) is 6.13. The highest BCUT2D eigenvalue weighted by atomic mass is 35.5. The Morgan fingerprint density at radius 1 is 1.15 bits per heavy atom. The standard InChI is InChI=1S/C17H28ClNO/c1-12(2)19(4-3-18)16(20)11-17-8-13-5-14(9-17)7-15(6-13)10-17/h12-15H,3-11H2,1-2H3. The van der Waals surface area contributed by atoms with Gasteiger partial charge in [0.05, 0.1) is 0 Å². The van der Waals surface area contributed by atoms with Crippen LogP contribution in [0.3, 0.4) is 0 Å². The normalized spacial score (nSPS) is 38.5. The minimum Gasteiger partial charge on any atom is -0.339 e. The van der Waals surface area contributed by atoms with Gasteiger partial charge in [-0.25, -0.2) is 0 Å². The van der Waals surface area contributed by atoms with Gasteiger partial charge >= 0.3 is 0 Å².